The molecule has 25 heavy (non-hydrogen) atoms. The predicted octanol–water partition coefficient (Wildman–Crippen LogP) is 1.18. The third kappa shape index (κ3) is 4.71. The molecule has 6 nitrogen and oxygen atoms in total. The van der Waals surface area contributed by atoms with Crippen molar-refractivity contribution in [2.45, 2.75) is 37.5 Å². The standard InChI is InChI=1S/C16H17F3N2O4/c1-25-15(24)12(21-14(23)11-6-7-13(22)20-11)8-9-4-2-3-5-10(9)16(17,18)19/h2-5,11-12H,6-8H2,1H3,(H,20,22)(H,21,23)/t11-,12-/m1/s1. The molecule has 1 aliphatic rings. The van der Waals surface area contributed by atoms with Crippen LogP contribution in [0.25, 0.3) is 0 Å². The van der Waals surface area contributed by atoms with Crippen molar-refractivity contribution in [3.63, 3.8) is 0 Å². The molecule has 0 aromatic heterocycles. The first-order valence-corrected chi connectivity index (χ1v) is 7.55. The number of amides is 2. The first-order chi connectivity index (χ1) is 11.7. The number of ether oxygens (including phenoxy) is 1. The summed E-state index contributed by atoms with van der Waals surface area (Å²) >= 11 is 0. The fraction of sp³-hybridized carbons (Fsp3) is 0.438. The first-order valence-electron chi connectivity index (χ1n) is 7.55. The molecule has 2 amide bonds. The molecule has 2 rings (SSSR count). The van der Waals surface area contributed by atoms with Crippen LogP contribution >= 0.6 is 0 Å². The predicted molar refractivity (Wildman–Crippen MR) is 80.3 cm³/mol. The number of nitrogens with one attached hydrogen (secondary N) is 2. The summed E-state index contributed by atoms with van der Waals surface area (Å²) in [6, 6.07) is 2.70. The molecule has 1 fully saturated rings. The highest BCUT2D eigenvalue weighted by molar-refractivity contribution is 5.93. The average molecular weight is 358 g/mol. The number of esters is 1. The van der Waals surface area contributed by atoms with Crippen molar-refractivity contribution in [2.24, 2.45) is 0 Å². The maximum atomic E-state index is 13.1. The van der Waals surface area contributed by atoms with Crippen molar-refractivity contribution in [1.82, 2.24) is 10.6 Å². The van der Waals surface area contributed by atoms with E-state index in [1.165, 1.54) is 18.2 Å². The van der Waals surface area contributed by atoms with Crippen molar-refractivity contribution in [3.05, 3.63) is 35.4 Å². The molecule has 136 valence electrons. The van der Waals surface area contributed by atoms with E-state index in [0.717, 1.165) is 13.2 Å². The summed E-state index contributed by atoms with van der Waals surface area (Å²) < 4.78 is 43.8. The molecule has 0 radical (unpaired) electrons. The molecular weight excluding hydrogens is 341 g/mol. The monoisotopic (exact) mass is 358 g/mol. The summed E-state index contributed by atoms with van der Waals surface area (Å²) in [6.45, 7) is 0. The number of halogens is 3. The number of rotatable bonds is 5. The zero-order valence-corrected chi connectivity index (χ0v) is 13.4. The number of carbonyl (C=O) groups excluding carboxylic acids is 3. The van der Waals surface area contributed by atoms with Gasteiger partial charge in [-0.2, -0.15) is 13.2 Å². The van der Waals surface area contributed by atoms with Crippen LogP contribution in [0.2, 0.25) is 0 Å². The Morgan fingerprint density at radius 1 is 1.36 bits per heavy atom. The molecule has 1 aliphatic heterocycles. The van der Waals surface area contributed by atoms with Crippen LogP contribution in [0.1, 0.15) is 24.0 Å². The minimum absolute atomic E-state index is 0.138. The van der Waals surface area contributed by atoms with Crippen molar-refractivity contribution in [2.75, 3.05) is 7.11 Å². The number of hydrogen-bond donors (Lipinski definition) is 2. The van der Waals surface area contributed by atoms with Crippen molar-refractivity contribution in [1.29, 1.82) is 0 Å². The number of methoxy groups -OCH3 is 1. The maximum Gasteiger partial charge on any atom is 0.416 e. The Morgan fingerprint density at radius 3 is 2.60 bits per heavy atom. The molecule has 0 spiro atoms. The highest BCUT2D eigenvalue weighted by atomic mass is 19.4. The molecule has 0 aliphatic carbocycles. The first kappa shape index (κ1) is 18.8. The molecule has 9 heteroatoms. The minimum Gasteiger partial charge on any atom is -0.467 e. The van der Waals surface area contributed by atoms with Crippen LogP contribution in [0, 0.1) is 0 Å². The Balaban J connectivity index is 2.18. The van der Waals surface area contributed by atoms with Gasteiger partial charge in [0.1, 0.15) is 12.1 Å². The van der Waals surface area contributed by atoms with Gasteiger partial charge in [-0.05, 0) is 18.1 Å². The second-order valence-corrected chi connectivity index (χ2v) is 5.60. The van der Waals surface area contributed by atoms with Crippen molar-refractivity contribution in [3.8, 4) is 0 Å². The molecule has 0 saturated carbocycles. The van der Waals surface area contributed by atoms with E-state index in [9.17, 15) is 27.6 Å². The van der Waals surface area contributed by atoms with Crippen LogP contribution in [0.4, 0.5) is 13.2 Å². The minimum atomic E-state index is -4.58. The molecular formula is C16H17F3N2O4. The van der Waals surface area contributed by atoms with Gasteiger partial charge in [0.15, 0.2) is 0 Å². The van der Waals surface area contributed by atoms with Crippen molar-refractivity contribution >= 4 is 17.8 Å². The van der Waals surface area contributed by atoms with Crippen LogP contribution in [0.5, 0.6) is 0 Å². The van der Waals surface area contributed by atoms with Gasteiger partial charge in [-0.3, -0.25) is 9.59 Å². The highest BCUT2D eigenvalue weighted by Gasteiger charge is 2.35. The normalized spacial score (nSPS) is 18.4. The number of carbonyl (C=O) groups is 3. The Bertz CT molecular complexity index is 676. The SMILES string of the molecule is COC(=O)[C@@H](Cc1ccccc1C(F)(F)F)NC(=O)[C@H]1CCC(=O)N1. The summed E-state index contributed by atoms with van der Waals surface area (Å²) in [5, 5.41) is 4.79. The summed E-state index contributed by atoms with van der Waals surface area (Å²) in [4.78, 5) is 35.2. The Kier molecular flexibility index (Phi) is 5.66. The van der Waals surface area contributed by atoms with E-state index in [1.807, 2.05) is 0 Å². The maximum absolute atomic E-state index is 13.1. The second kappa shape index (κ2) is 7.54. The lowest BCUT2D eigenvalue weighted by molar-refractivity contribution is -0.146. The van der Waals surface area contributed by atoms with Crippen molar-refractivity contribution < 1.29 is 32.3 Å². The van der Waals surface area contributed by atoms with Gasteiger partial charge in [0, 0.05) is 12.8 Å². The average Bonchev–Trinajstić information content (AvgIpc) is 2.99. The van der Waals surface area contributed by atoms with E-state index in [0.29, 0.717) is 0 Å². The van der Waals surface area contributed by atoms with Crippen LogP contribution in [0.15, 0.2) is 24.3 Å². The van der Waals surface area contributed by atoms with Crippen LogP contribution in [-0.2, 0) is 31.7 Å². The topological polar surface area (TPSA) is 84.5 Å². The third-order valence-corrected chi connectivity index (χ3v) is 3.86. The number of benzene rings is 1. The summed E-state index contributed by atoms with van der Waals surface area (Å²) in [5.41, 5.74) is -1.02. The fourth-order valence-corrected chi connectivity index (χ4v) is 2.61. The van der Waals surface area contributed by atoms with Gasteiger partial charge in [0.25, 0.3) is 0 Å². The molecule has 1 saturated heterocycles. The zero-order chi connectivity index (χ0) is 18.6. The smallest absolute Gasteiger partial charge is 0.416 e. The van der Waals surface area contributed by atoms with E-state index in [1.54, 1.807) is 0 Å². The van der Waals surface area contributed by atoms with Gasteiger partial charge >= 0.3 is 12.1 Å². The van der Waals surface area contributed by atoms with Crippen LogP contribution in [0.3, 0.4) is 0 Å². The quantitative estimate of drug-likeness (QED) is 0.775. The molecule has 2 atom stereocenters. The van der Waals surface area contributed by atoms with Gasteiger partial charge in [0.2, 0.25) is 11.8 Å². The number of hydrogen-bond acceptors (Lipinski definition) is 4. The highest BCUT2D eigenvalue weighted by Crippen LogP contribution is 2.32. The van der Waals surface area contributed by atoms with E-state index in [2.05, 4.69) is 15.4 Å². The van der Waals surface area contributed by atoms with Gasteiger partial charge in [-0.1, -0.05) is 18.2 Å². The van der Waals surface area contributed by atoms with Crippen LogP contribution in [-0.4, -0.2) is 37.0 Å². The Morgan fingerprint density at radius 2 is 2.04 bits per heavy atom. The Labute approximate surface area is 141 Å². The van der Waals surface area contributed by atoms with E-state index >= 15 is 0 Å². The zero-order valence-electron chi connectivity index (χ0n) is 13.4. The molecule has 0 unspecified atom stereocenters. The van der Waals surface area contributed by atoms with Gasteiger partial charge in [0.05, 0.1) is 12.7 Å². The summed E-state index contributed by atoms with van der Waals surface area (Å²) in [6.07, 6.45) is -4.52. The molecule has 1 aromatic carbocycles. The summed E-state index contributed by atoms with van der Waals surface area (Å²) in [5.74, 6) is -1.79. The molecule has 1 aromatic rings. The summed E-state index contributed by atoms with van der Waals surface area (Å²) in [7, 11) is 1.08. The molecule has 2 N–H and O–H groups in total. The largest absolute Gasteiger partial charge is 0.467 e. The van der Waals surface area contributed by atoms with Crippen LogP contribution < -0.4 is 10.6 Å². The van der Waals surface area contributed by atoms with Gasteiger partial charge < -0.3 is 15.4 Å². The third-order valence-electron chi connectivity index (χ3n) is 3.86. The molecule has 0 bridgehead atoms. The molecule has 1 heterocycles. The van der Waals surface area contributed by atoms with E-state index < -0.39 is 35.7 Å². The Hall–Kier alpha value is -2.58. The van der Waals surface area contributed by atoms with E-state index in [-0.39, 0.29) is 30.7 Å². The lowest BCUT2D eigenvalue weighted by atomic mass is 9.99. The second-order valence-electron chi connectivity index (χ2n) is 5.60. The lowest BCUT2D eigenvalue weighted by Gasteiger charge is -2.21. The number of alkyl halides is 3. The lowest BCUT2D eigenvalue weighted by Crippen LogP contribution is -2.50. The van der Waals surface area contributed by atoms with E-state index in [4.69, 9.17) is 0 Å². The van der Waals surface area contributed by atoms with Gasteiger partial charge in [-0.15, -0.1) is 0 Å². The fourth-order valence-electron chi connectivity index (χ4n) is 2.61. The van der Waals surface area contributed by atoms with Gasteiger partial charge in [-0.25, -0.2) is 4.79 Å².